The van der Waals surface area contributed by atoms with Gasteiger partial charge < -0.3 is 11.1 Å². The van der Waals surface area contributed by atoms with Gasteiger partial charge in [0.25, 0.3) is 5.69 Å². The Morgan fingerprint density at radius 3 is 2.85 bits per heavy atom. The first-order chi connectivity index (χ1) is 9.49. The van der Waals surface area contributed by atoms with E-state index in [-0.39, 0.29) is 5.69 Å². The molecule has 0 amide bonds. The van der Waals surface area contributed by atoms with Crippen molar-refractivity contribution >= 4 is 49.2 Å². The molecule has 0 saturated carbocycles. The monoisotopic (exact) mass is 383 g/mol. The molecule has 0 radical (unpaired) electrons. The summed E-state index contributed by atoms with van der Waals surface area (Å²) in [5, 5.41) is 13.7. The Morgan fingerprint density at radius 1 is 1.45 bits per heavy atom. The second kappa shape index (κ2) is 5.82. The van der Waals surface area contributed by atoms with E-state index in [1.807, 2.05) is 22.6 Å². The van der Waals surface area contributed by atoms with Crippen LogP contribution in [0, 0.1) is 10.1 Å². The predicted octanol–water partition coefficient (Wildman–Crippen LogP) is 3.12. The lowest BCUT2D eigenvalue weighted by atomic mass is 10.2. The van der Waals surface area contributed by atoms with Crippen molar-refractivity contribution in [3.8, 4) is 0 Å². The van der Waals surface area contributed by atoms with Gasteiger partial charge in [-0.25, -0.2) is 9.97 Å². The molecular weight excluding hydrogens is 373 g/mol. The highest BCUT2D eigenvalue weighted by molar-refractivity contribution is 14.1. The van der Waals surface area contributed by atoms with Crippen molar-refractivity contribution in [3.63, 3.8) is 0 Å². The molecule has 8 heteroatoms. The van der Waals surface area contributed by atoms with Crippen molar-refractivity contribution in [3.05, 3.63) is 52.8 Å². The second-order valence-electron chi connectivity index (χ2n) is 3.82. The molecule has 2 rings (SSSR count). The van der Waals surface area contributed by atoms with Gasteiger partial charge in [-0.2, -0.15) is 0 Å². The van der Waals surface area contributed by atoms with E-state index in [0.717, 1.165) is 0 Å². The molecule has 0 spiro atoms. The summed E-state index contributed by atoms with van der Waals surface area (Å²) in [4.78, 5) is 18.3. The van der Waals surface area contributed by atoms with Gasteiger partial charge in [0.2, 0.25) is 0 Å². The third kappa shape index (κ3) is 3.02. The number of benzene rings is 1. The van der Waals surface area contributed by atoms with E-state index < -0.39 is 4.92 Å². The topological polar surface area (TPSA) is 107 Å². The number of nitro benzene ring substituents is 1. The summed E-state index contributed by atoms with van der Waals surface area (Å²) in [6.45, 7) is 3.81. The number of rotatable bonds is 4. The maximum absolute atomic E-state index is 10.8. The van der Waals surface area contributed by atoms with Crippen LogP contribution in [0.5, 0.6) is 0 Å². The first-order valence-corrected chi connectivity index (χ1v) is 6.53. The fourth-order valence-electron chi connectivity index (χ4n) is 1.60. The van der Waals surface area contributed by atoms with Crippen LogP contribution in [-0.4, -0.2) is 14.9 Å². The Balaban J connectivity index is 2.40. The summed E-state index contributed by atoms with van der Waals surface area (Å²) >= 11 is 2.02. The summed E-state index contributed by atoms with van der Waals surface area (Å²) in [5.74, 6) is 0.754. The molecule has 0 bridgehead atoms. The molecule has 0 aliphatic carbocycles. The van der Waals surface area contributed by atoms with E-state index >= 15 is 0 Å². The summed E-state index contributed by atoms with van der Waals surface area (Å²) in [7, 11) is 0. The number of nitrogens with two attached hydrogens (primary N) is 1. The Labute approximate surface area is 128 Å². The van der Waals surface area contributed by atoms with E-state index in [1.54, 1.807) is 12.1 Å². The van der Waals surface area contributed by atoms with Crippen LogP contribution in [0.3, 0.4) is 0 Å². The van der Waals surface area contributed by atoms with Crippen molar-refractivity contribution < 1.29 is 4.92 Å². The zero-order chi connectivity index (χ0) is 14.7. The summed E-state index contributed by atoms with van der Waals surface area (Å²) < 4.78 is 0.675. The smallest absolute Gasteiger partial charge is 0.271 e. The average Bonchev–Trinajstić information content (AvgIpc) is 2.38. The number of hydrogen-bond donors (Lipinski definition) is 2. The lowest BCUT2D eigenvalue weighted by Gasteiger charge is -2.11. The van der Waals surface area contributed by atoms with Crippen LogP contribution in [0.2, 0.25) is 0 Å². The molecule has 20 heavy (non-hydrogen) atoms. The Bertz CT molecular complexity index is 689. The molecule has 1 aromatic heterocycles. The highest BCUT2D eigenvalue weighted by Gasteiger charge is 2.12. The zero-order valence-electron chi connectivity index (χ0n) is 10.2. The number of anilines is 3. The fraction of sp³-hybridized carbons (Fsp3) is 0. The van der Waals surface area contributed by atoms with E-state index in [1.165, 1.54) is 18.5 Å². The third-order valence-electron chi connectivity index (χ3n) is 2.47. The van der Waals surface area contributed by atoms with Gasteiger partial charge in [0.15, 0.2) is 0 Å². The molecule has 0 fully saturated rings. The van der Waals surface area contributed by atoms with Crippen molar-refractivity contribution in [2.75, 3.05) is 11.1 Å². The minimum absolute atomic E-state index is 0.00752. The molecule has 0 aliphatic rings. The largest absolute Gasteiger partial charge is 0.383 e. The normalized spacial score (nSPS) is 10.1. The SMILES string of the molecule is C=C(I)c1c(N)ncnc1Nc1cccc([N+](=O)[O-])c1. The van der Waals surface area contributed by atoms with E-state index in [2.05, 4.69) is 21.9 Å². The van der Waals surface area contributed by atoms with Crippen molar-refractivity contribution in [1.29, 1.82) is 0 Å². The predicted molar refractivity (Wildman–Crippen MR) is 85.9 cm³/mol. The van der Waals surface area contributed by atoms with E-state index in [0.29, 0.717) is 26.5 Å². The number of hydrogen-bond acceptors (Lipinski definition) is 6. The first kappa shape index (κ1) is 14.2. The number of aromatic nitrogens is 2. The van der Waals surface area contributed by atoms with Gasteiger partial charge in [0, 0.05) is 21.4 Å². The molecule has 0 aliphatic heterocycles. The van der Waals surface area contributed by atoms with Crippen molar-refractivity contribution in [2.24, 2.45) is 0 Å². The van der Waals surface area contributed by atoms with Crippen LogP contribution in [0.15, 0.2) is 37.2 Å². The summed E-state index contributed by atoms with van der Waals surface area (Å²) in [5.41, 5.74) is 6.90. The zero-order valence-corrected chi connectivity index (χ0v) is 12.4. The maximum Gasteiger partial charge on any atom is 0.271 e. The number of nitrogens with one attached hydrogen (secondary N) is 1. The quantitative estimate of drug-likeness (QED) is 0.477. The van der Waals surface area contributed by atoms with Crippen LogP contribution in [0.1, 0.15) is 5.56 Å². The number of nitro groups is 1. The molecule has 0 unspecified atom stereocenters. The lowest BCUT2D eigenvalue weighted by molar-refractivity contribution is -0.384. The van der Waals surface area contributed by atoms with Gasteiger partial charge in [-0.3, -0.25) is 10.1 Å². The molecule has 7 nitrogen and oxygen atoms in total. The number of non-ortho nitro benzene ring substituents is 1. The second-order valence-corrected chi connectivity index (χ2v) is 5.12. The van der Waals surface area contributed by atoms with Crippen molar-refractivity contribution in [1.82, 2.24) is 9.97 Å². The number of halogens is 1. The van der Waals surface area contributed by atoms with Crippen LogP contribution in [0.4, 0.5) is 23.0 Å². The van der Waals surface area contributed by atoms with Crippen LogP contribution >= 0.6 is 22.6 Å². The van der Waals surface area contributed by atoms with Gasteiger partial charge in [0.05, 0.1) is 10.5 Å². The summed E-state index contributed by atoms with van der Waals surface area (Å²) in [6, 6.07) is 6.12. The van der Waals surface area contributed by atoms with Gasteiger partial charge in [0.1, 0.15) is 18.0 Å². The Hall–Kier alpha value is -2.23. The van der Waals surface area contributed by atoms with Crippen LogP contribution in [-0.2, 0) is 0 Å². The molecular formula is C12H10IN5O2. The molecule has 0 saturated heterocycles. The highest BCUT2D eigenvalue weighted by atomic mass is 127. The minimum Gasteiger partial charge on any atom is -0.383 e. The number of nitrogen functional groups attached to an aromatic ring is 1. The van der Waals surface area contributed by atoms with E-state index in [9.17, 15) is 10.1 Å². The standard InChI is InChI=1S/C12H10IN5O2/c1-7(13)10-11(14)15-6-16-12(10)17-8-3-2-4-9(5-8)18(19)20/h2-6H,1H2,(H3,14,15,16,17). The third-order valence-corrected chi connectivity index (χ3v) is 3.01. The highest BCUT2D eigenvalue weighted by Crippen LogP contribution is 2.31. The lowest BCUT2D eigenvalue weighted by Crippen LogP contribution is -2.03. The molecule has 2 aromatic rings. The molecule has 1 aromatic carbocycles. The van der Waals surface area contributed by atoms with Gasteiger partial charge in [-0.15, -0.1) is 0 Å². The first-order valence-electron chi connectivity index (χ1n) is 5.45. The van der Waals surface area contributed by atoms with E-state index in [4.69, 9.17) is 5.73 Å². The fourth-order valence-corrected chi connectivity index (χ4v) is 2.13. The Morgan fingerprint density at radius 2 is 2.20 bits per heavy atom. The summed E-state index contributed by atoms with van der Waals surface area (Å²) in [6.07, 6.45) is 1.32. The van der Waals surface area contributed by atoms with Gasteiger partial charge in [-0.1, -0.05) is 12.6 Å². The van der Waals surface area contributed by atoms with Gasteiger partial charge >= 0.3 is 0 Å². The van der Waals surface area contributed by atoms with Crippen molar-refractivity contribution in [2.45, 2.75) is 0 Å². The Kier molecular flexibility index (Phi) is 4.13. The van der Waals surface area contributed by atoms with Gasteiger partial charge in [-0.05, 0) is 28.7 Å². The van der Waals surface area contributed by atoms with Crippen LogP contribution in [0.25, 0.3) is 3.58 Å². The van der Waals surface area contributed by atoms with Crippen LogP contribution < -0.4 is 11.1 Å². The molecule has 0 atom stereocenters. The molecule has 102 valence electrons. The minimum atomic E-state index is -0.461. The molecule has 1 heterocycles. The maximum atomic E-state index is 10.8. The molecule has 3 N–H and O–H groups in total. The number of nitrogens with zero attached hydrogens (tertiary/aromatic N) is 3. The average molecular weight is 383 g/mol.